The summed E-state index contributed by atoms with van der Waals surface area (Å²) in [6.07, 6.45) is -0.101. The summed E-state index contributed by atoms with van der Waals surface area (Å²) < 4.78 is 41.5. The molecule has 156 valence electrons. The molecule has 0 bridgehead atoms. The molecule has 0 aliphatic rings. The fourth-order valence-corrected chi connectivity index (χ4v) is 2.94. The number of fused-ring (bicyclic) bond motifs is 1. The zero-order valence-electron chi connectivity index (χ0n) is 16.0. The van der Waals surface area contributed by atoms with Gasteiger partial charge in [0.05, 0.1) is 14.2 Å². The molecule has 0 radical (unpaired) electrons. The molecule has 3 aromatic rings. The third-order valence-corrected chi connectivity index (χ3v) is 4.43. The number of methoxy groups -OCH3 is 2. The predicted octanol–water partition coefficient (Wildman–Crippen LogP) is 2.59. The smallest absolute Gasteiger partial charge is 0.336 e. The molecule has 0 aliphatic carbocycles. The molecule has 9 heteroatoms. The van der Waals surface area contributed by atoms with Crippen LogP contribution in [0.1, 0.15) is 15.9 Å². The molecule has 7 nitrogen and oxygen atoms in total. The lowest BCUT2D eigenvalue weighted by molar-refractivity contribution is -0.142. The van der Waals surface area contributed by atoms with Crippen molar-refractivity contribution in [2.24, 2.45) is 0 Å². The van der Waals surface area contributed by atoms with Gasteiger partial charge in [-0.3, -0.25) is 4.79 Å². The summed E-state index contributed by atoms with van der Waals surface area (Å²) in [5.41, 5.74) is -0.163. The molecule has 30 heavy (non-hydrogen) atoms. The summed E-state index contributed by atoms with van der Waals surface area (Å²) >= 11 is 0. The summed E-state index contributed by atoms with van der Waals surface area (Å²) in [7, 11) is 2.60. The number of benzene rings is 2. The Balaban J connectivity index is 1.93. The predicted molar refractivity (Wildman–Crippen MR) is 102 cm³/mol. The number of halogens is 2. The van der Waals surface area contributed by atoms with Gasteiger partial charge in [0.25, 0.3) is 5.91 Å². The van der Waals surface area contributed by atoms with Crippen LogP contribution in [0.4, 0.5) is 8.78 Å². The molecule has 0 spiro atoms. The van der Waals surface area contributed by atoms with E-state index in [4.69, 9.17) is 13.9 Å². The van der Waals surface area contributed by atoms with Gasteiger partial charge in [-0.15, -0.1) is 0 Å². The molecular weight excluding hydrogens is 400 g/mol. The monoisotopic (exact) mass is 417 g/mol. The minimum atomic E-state index is -1.20. The lowest BCUT2D eigenvalue weighted by Crippen LogP contribution is -2.43. The first-order valence-electron chi connectivity index (χ1n) is 8.77. The van der Waals surface area contributed by atoms with E-state index in [9.17, 15) is 23.2 Å². The maximum absolute atomic E-state index is 13.4. The molecule has 1 amide bonds. The first kappa shape index (κ1) is 21.0. The Kier molecular flexibility index (Phi) is 6.10. The Morgan fingerprint density at radius 2 is 1.83 bits per heavy atom. The number of carbonyl (C=O) groups is 2. The van der Waals surface area contributed by atoms with Gasteiger partial charge in [-0.1, -0.05) is 0 Å². The SMILES string of the molecule is COC(=O)[C@H](Cc1cc(=O)oc2cc(OC)ccc12)NC(=O)c1ccc(F)c(F)c1. The van der Waals surface area contributed by atoms with Crippen LogP contribution in [0.5, 0.6) is 5.75 Å². The summed E-state index contributed by atoms with van der Waals surface area (Å²) in [4.78, 5) is 36.6. The zero-order chi connectivity index (χ0) is 21.8. The highest BCUT2D eigenvalue weighted by molar-refractivity contribution is 5.97. The second-order valence-corrected chi connectivity index (χ2v) is 6.33. The van der Waals surface area contributed by atoms with Gasteiger partial charge in [-0.2, -0.15) is 0 Å². The van der Waals surface area contributed by atoms with Gasteiger partial charge < -0.3 is 19.2 Å². The number of rotatable bonds is 6. The quantitative estimate of drug-likeness (QED) is 0.489. The van der Waals surface area contributed by atoms with Crippen LogP contribution in [-0.4, -0.2) is 32.1 Å². The normalized spacial score (nSPS) is 11.7. The minimum Gasteiger partial charge on any atom is -0.497 e. The fraction of sp³-hybridized carbons (Fsp3) is 0.190. The van der Waals surface area contributed by atoms with Crippen molar-refractivity contribution in [3.8, 4) is 5.75 Å². The summed E-state index contributed by atoms with van der Waals surface area (Å²) in [5.74, 6) is -3.41. The van der Waals surface area contributed by atoms with Gasteiger partial charge in [-0.05, 0) is 35.9 Å². The van der Waals surface area contributed by atoms with Crippen molar-refractivity contribution in [1.29, 1.82) is 0 Å². The highest BCUT2D eigenvalue weighted by atomic mass is 19.2. The van der Waals surface area contributed by atoms with Gasteiger partial charge in [0, 0.05) is 29.5 Å². The number of hydrogen-bond acceptors (Lipinski definition) is 6. The molecule has 0 saturated heterocycles. The van der Waals surface area contributed by atoms with Crippen molar-refractivity contribution >= 4 is 22.8 Å². The van der Waals surface area contributed by atoms with E-state index in [1.165, 1.54) is 19.2 Å². The van der Waals surface area contributed by atoms with Crippen molar-refractivity contribution < 1.29 is 32.3 Å². The van der Waals surface area contributed by atoms with Crippen molar-refractivity contribution in [1.82, 2.24) is 5.32 Å². The van der Waals surface area contributed by atoms with E-state index >= 15 is 0 Å². The van der Waals surface area contributed by atoms with Crippen LogP contribution in [0, 0.1) is 11.6 Å². The van der Waals surface area contributed by atoms with Crippen LogP contribution in [0.2, 0.25) is 0 Å². The Hall–Kier alpha value is -3.75. The maximum atomic E-state index is 13.4. The summed E-state index contributed by atoms with van der Waals surface area (Å²) in [6, 6.07) is 7.44. The van der Waals surface area contributed by atoms with Crippen LogP contribution in [-0.2, 0) is 16.0 Å². The van der Waals surface area contributed by atoms with E-state index in [-0.39, 0.29) is 17.6 Å². The standard InChI is InChI=1S/C21H17F2NO6/c1-28-13-4-5-14-12(9-19(25)30-18(14)10-13)8-17(21(27)29-2)24-20(26)11-3-6-15(22)16(23)7-11/h3-7,9-10,17H,8H2,1-2H3,(H,24,26)/t17-/m0/s1. The Morgan fingerprint density at radius 1 is 1.07 bits per heavy atom. The Bertz CT molecular complexity index is 1170. The molecule has 1 aromatic heterocycles. The number of nitrogens with one attached hydrogen (secondary N) is 1. The summed E-state index contributed by atoms with van der Waals surface area (Å²) in [5, 5.41) is 2.96. The molecule has 1 heterocycles. The molecule has 0 unspecified atom stereocenters. The van der Waals surface area contributed by atoms with Crippen molar-refractivity contribution in [3.05, 3.63) is 75.6 Å². The Morgan fingerprint density at radius 3 is 2.50 bits per heavy atom. The number of hydrogen-bond donors (Lipinski definition) is 1. The number of esters is 1. The lowest BCUT2D eigenvalue weighted by Gasteiger charge is -2.17. The highest BCUT2D eigenvalue weighted by Crippen LogP contribution is 2.23. The van der Waals surface area contributed by atoms with Crippen molar-refractivity contribution in [2.75, 3.05) is 14.2 Å². The first-order valence-corrected chi connectivity index (χ1v) is 8.77. The lowest BCUT2D eigenvalue weighted by atomic mass is 10.0. The second kappa shape index (κ2) is 8.73. The van der Waals surface area contributed by atoms with Crippen molar-refractivity contribution in [2.45, 2.75) is 12.5 Å². The van der Waals surface area contributed by atoms with Gasteiger partial charge in [0.15, 0.2) is 11.6 Å². The summed E-state index contributed by atoms with van der Waals surface area (Å²) in [6.45, 7) is 0. The zero-order valence-corrected chi connectivity index (χ0v) is 16.0. The van der Waals surface area contributed by atoms with Crippen LogP contribution in [0.3, 0.4) is 0 Å². The Labute approximate surface area is 169 Å². The van der Waals surface area contributed by atoms with E-state index in [1.807, 2.05) is 0 Å². The van der Waals surface area contributed by atoms with E-state index in [0.29, 0.717) is 16.7 Å². The molecule has 0 fully saturated rings. The van der Waals surface area contributed by atoms with Crippen LogP contribution >= 0.6 is 0 Å². The van der Waals surface area contributed by atoms with E-state index in [0.717, 1.165) is 25.3 Å². The average Bonchev–Trinajstić information content (AvgIpc) is 2.73. The maximum Gasteiger partial charge on any atom is 0.336 e. The number of carbonyl (C=O) groups excluding carboxylic acids is 2. The minimum absolute atomic E-state index is 0.101. The molecule has 0 saturated carbocycles. The van der Waals surface area contributed by atoms with Gasteiger partial charge in [-0.25, -0.2) is 18.4 Å². The van der Waals surface area contributed by atoms with Gasteiger partial charge in [0.1, 0.15) is 17.4 Å². The third kappa shape index (κ3) is 4.45. The van der Waals surface area contributed by atoms with Crippen LogP contribution in [0.25, 0.3) is 11.0 Å². The van der Waals surface area contributed by atoms with Gasteiger partial charge >= 0.3 is 11.6 Å². The largest absolute Gasteiger partial charge is 0.497 e. The highest BCUT2D eigenvalue weighted by Gasteiger charge is 2.24. The van der Waals surface area contributed by atoms with Crippen molar-refractivity contribution in [3.63, 3.8) is 0 Å². The topological polar surface area (TPSA) is 94.8 Å². The average molecular weight is 417 g/mol. The van der Waals surface area contributed by atoms with E-state index < -0.39 is 35.2 Å². The molecule has 3 rings (SSSR count). The van der Waals surface area contributed by atoms with Crippen LogP contribution < -0.4 is 15.7 Å². The second-order valence-electron chi connectivity index (χ2n) is 6.33. The fourth-order valence-electron chi connectivity index (χ4n) is 2.94. The molecule has 1 atom stereocenters. The van der Waals surface area contributed by atoms with Crippen LogP contribution in [0.15, 0.2) is 51.7 Å². The molecule has 0 aliphatic heterocycles. The third-order valence-electron chi connectivity index (χ3n) is 4.43. The molecule has 1 N–H and O–H groups in total. The first-order chi connectivity index (χ1) is 14.3. The number of amides is 1. The van der Waals surface area contributed by atoms with E-state index in [2.05, 4.69) is 5.32 Å². The van der Waals surface area contributed by atoms with E-state index in [1.54, 1.807) is 12.1 Å². The number of ether oxygens (including phenoxy) is 2. The molecular formula is C21H17F2NO6. The molecule has 2 aromatic carbocycles. The van der Waals surface area contributed by atoms with Gasteiger partial charge in [0.2, 0.25) is 0 Å².